The van der Waals surface area contributed by atoms with E-state index >= 15 is 0 Å². The van der Waals surface area contributed by atoms with Gasteiger partial charge in [-0.1, -0.05) is 42.5 Å². The molecular weight excluding hydrogens is 404 g/mol. The summed E-state index contributed by atoms with van der Waals surface area (Å²) in [6.07, 6.45) is 1.90. The quantitative estimate of drug-likeness (QED) is 0.332. The zero-order valence-corrected chi connectivity index (χ0v) is 17.3. The number of aryl methyl sites for hydroxylation is 1. The van der Waals surface area contributed by atoms with Crippen LogP contribution in [0.1, 0.15) is 23.2 Å². The van der Waals surface area contributed by atoms with Crippen LogP contribution in [-0.4, -0.2) is 22.1 Å². The van der Waals surface area contributed by atoms with E-state index in [1.165, 1.54) is 0 Å². The smallest absolute Gasteiger partial charge is 0.270 e. The number of aromatic nitrogens is 2. The van der Waals surface area contributed by atoms with Crippen molar-refractivity contribution in [2.75, 3.05) is 0 Å². The van der Waals surface area contributed by atoms with Crippen LogP contribution in [0.25, 0.3) is 11.0 Å². The van der Waals surface area contributed by atoms with Crippen LogP contribution >= 0.6 is 0 Å². The highest BCUT2D eigenvalue weighted by Crippen LogP contribution is 2.13. The summed E-state index contributed by atoms with van der Waals surface area (Å²) in [5.74, 6) is 0.460. The number of carbonyl (C=O) groups is 1. The molecule has 32 heavy (non-hydrogen) atoms. The maximum atomic E-state index is 12.1. The van der Waals surface area contributed by atoms with Gasteiger partial charge in [0.25, 0.3) is 5.56 Å². The Morgan fingerprint density at radius 3 is 2.56 bits per heavy atom. The molecule has 1 aromatic heterocycles. The maximum absolute atomic E-state index is 12.1. The molecule has 0 fully saturated rings. The Kier molecular flexibility index (Phi) is 6.67. The second-order valence-electron chi connectivity index (χ2n) is 7.17. The van der Waals surface area contributed by atoms with Crippen molar-refractivity contribution in [2.24, 2.45) is 5.10 Å². The molecule has 7 nitrogen and oxygen atoms in total. The number of nitrogens with one attached hydrogen (secondary N) is 2. The van der Waals surface area contributed by atoms with Crippen LogP contribution in [0, 0.1) is 0 Å². The van der Waals surface area contributed by atoms with Crippen LogP contribution in [-0.2, 0) is 17.8 Å². The highest BCUT2D eigenvalue weighted by Gasteiger charge is 2.07. The average Bonchev–Trinajstić information content (AvgIpc) is 2.83. The monoisotopic (exact) mass is 426 g/mol. The summed E-state index contributed by atoms with van der Waals surface area (Å²) in [6.45, 7) is 0.499. The van der Waals surface area contributed by atoms with Gasteiger partial charge in [0.1, 0.15) is 18.1 Å². The summed E-state index contributed by atoms with van der Waals surface area (Å²) in [7, 11) is 0. The zero-order chi connectivity index (χ0) is 22.2. The van der Waals surface area contributed by atoms with Crippen molar-refractivity contribution in [3.63, 3.8) is 0 Å². The molecule has 0 spiro atoms. The molecule has 0 atom stereocenters. The van der Waals surface area contributed by atoms with Crippen molar-refractivity contribution in [1.82, 2.24) is 15.4 Å². The number of para-hydroxylation sites is 2. The van der Waals surface area contributed by atoms with Crippen LogP contribution in [0.15, 0.2) is 88.8 Å². The molecule has 0 aliphatic carbocycles. The van der Waals surface area contributed by atoms with E-state index in [4.69, 9.17) is 4.74 Å². The van der Waals surface area contributed by atoms with Crippen LogP contribution in [0.3, 0.4) is 0 Å². The molecule has 2 N–H and O–H groups in total. The lowest BCUT2D eigenvalue weighted by Crippen LogP contribution is -2.21. The summed E-state index contributed by atoms with van der Waals surface area (Å²) < 4.78 is 5.75. The Bertz CT molecular complexity index is 1280. The largest absolute Gasteiger partial charge is 0.489 e. The van der Waals surface area contributed by atoms with Crippen LogP contribution < -0.4 is 15.7 Å². The first-order chi connectivity index (χ1) is 15.7. The fraction of sp³-hybridized carbons (Fsp3) is 0.120. The molecule has 3 aromatic carbocycles. The molecular formula is C25H22N4O3. The van der Waals surface area contributed by atoms with Crippen LogP contribution in [0.5, 0.6) is 5.75 Å². The number of carbonyl (C=O) groups excluding carboxylic acids is 1. The summed E-state index contributed by atoms with van der Waals surface area (Å²) >= 11 is 0. The minimum atomic E-state index is -0.293. The predicted octanol–water partition coefficient (Wildman–Crippen LogP) is 3.59. The Hall–Kier alpha value is -4.26. The van der Waals surface area contributed by atoms with Gasteiger partial charge in [-0.05, 0) is 47.5 Å². The average molecular weight is 426 g/mol. The molecule has 160 valence electrons. The normalized spacial score (nSPS) is 11.0. The van der Waals surface area contributed by atoms with E-state index in [-0.39, 0.29) is 24.3 Å². The third-order valence-corrected chi connectivity index (χ3v) is 4.79. The Morgan fingerprint density at radius 1 is 1.00 bits per heavy atom. The highest BCUT2D eigenvalue weighted by atomic mass is 16.5. The van der Waals surface area contributed by atoms with Gasteiger partial charge in [0.2, 0.25) is 5.91 Å². The number of hydrogen-bond donors (Lipinski definition) is 2. The van der Waals surface area contributed by atoms with Crippen molar-refractivity contribution in [3.8, 4) is 5.75 Å². The number of H-pyrrole nitrogens is 1. The number of nitrogens with zero attached hydrogens (tertiary/aromatic N) is 2. The lowest BCUT2D eigenvalue weighted by atomic mass is 10.2. The van der Waals surface area contributed by atoms with E-state index in [2.05, 4.69) is 20.5 Å². The molecule has 0 aliphatic rings. The topological polar surface area (TPSA) is 96.4 Å². The van der Waals surface area contributed by atoms with E-state index in [0.29, 0.717) is 23.3 Å². The number of aromatic amines is 1. The molecule has 0 bridgehead atoms. The minimum absolute atomic E-state index is 0.109. The van der Waals surface area contributed by atoms with Gasteiger partial charge in [0.15, 0.2) is 0 Å². The van der Waals surface area contributed by atoms with Crippen molar-refractivity contribution in [2.45, 2.75) is 19.4 Å². The SMILES string of the molecule is O=C(CCc1nc2ccccc2[nH]c1=O)N/N=C\c1ccc(OCc2ccccc2)cc1. The van der Waals surface area contributed by atoms with Crippen molar-refractivity contribution in [3.05, 3.63) is 106 Å². The predicted molar refractivity (Wildman–Crippen MR) is 124 cm³/mol. The number of benzene rings is 3. The third kappa shape index (κ3) is 5.66. The minimum Gasteiger partial charge on any atom is -0.489 e. The molecule has 0 saturated heterocycles. The number of hydrazone groups is 1. The summed E-state index contributed by atoms with van der Waals surface area (Å²) in [6, 6.07) is 24.6. The van der Waals surface area contributed by atoms with E-state index < -0.39 is 0 Å². The van der Waals surface area contributed by atoms with Gasteiger partial charge in [0.05, 0.1) is 17.2 Å². The van der Waals surface area contributed by atoms with E-state index in [0.717, 1.165) is 16.9 Å². The molecule has 4 rings (SSSR count). The van der Waals surface area contributed by atoms with E-state index in [1.807, 2.05) is 72.8 Å². The lowest BCUT2D eigenvalue weighted by molar-refractivity contribution is -0.121. The molecule has 7 heteroatoms. The Labute approximate surface area is 184 Å². The Balaban J connectivity index is 1.25. The fourth-order valence-corrected chi connectivity index (χ4v) is 3.09. The Morgan fingerprint density at radius 2 is 1.75 bits per heavy atom. The number of fused-ring (bicyclic) bond motifs is 1. The summed E-state index contributed by atoms with van der Waals surface area (Å²) in [4.78, 5) is 31.3. The van der Waals surface area contributed by atoms with Crippen LogP contribution in [0.4, 0.5) is 0 Å². The zero-order valence-electron chi connectivity index (χ0n) is 17.3. The van der Waals surface area contributed by atoms with Gasteiger partial charge in [0, 0.05) is 12.8 Å². The number of hydrogen-bond acceptors (Lipinski definition) is 5. The summed E-state index contributed by atoms with van der Waals surface area (Å²) in [5.41, 5.74) is 5.81. The first kappa shape index (κ1) is 21.0. The van der Waals surface area contributed by atoms with Crippen molar-refractivity contribution >= 4 is 23.2 Å². The first-order valence-electron chi connectivity index (χ1n) is 10.2. The van der Waals surface area contributed by atoms with Crippen molar-refractivity contribution < 1.29 is 9.53 Å². The van der Waals surface area contributed by atoms with Crippen LogP contribution in [0.2, 0.25) is 0 Å². The maximum Gasteiger partial charge on any atom is 0.270 e. The molecule has 0 saturated carbocycles. The first-order valence-corrected chi connectivity index (χ1v) is 10.2. The van der Waals surface area contributed by atoms with Crippen molar-refractivity contribution in [1.29, 1.82) is 0 Å². The van der Waals surface area contributed by atoms with Gasteiger partial charge in [-0.15, -0.1) is 0 Å². The molecule has 1 heterocycles. The fourth-order valence-electron chi connectivity index (χ4n) is 3.09. The van der Waals surface area contributed by atoms with E-state index in [1.54, 1.807) is 12.3 Å². The lowest BCUT2D eigenvalue weighted by Gasteiger charge is -2.06. The highest BCUT2D eigenvalue weighted by molar-refractivity contribution is 5.82. The summed E-state index contributed by atoms with van der Waals surface area (Å²) in [5, 5.41) is 3.98. The van der Waals surface area contributed by atoms with Gasteiger partial charge in [-0.3, -0.25) is 9.59 Å². The standard InChI is InChI=1S/C25H22N4O3/c30-24(15-14-23-25(31)28-22-9-5-4-8-21(22)27-23)29-26-16-18-10-12-20(13-11-18)32-17-19-6-2-1-3-7-19/h1-13,16H,14-15,17H2,(H,28,31)(H,29,30)/b26-16-. The van der Waals surface area contributed by atoms with Gasteiger partial charge < -0.3 is 9.72 Å². The molecule has 1 amide bonds. The molecule has 0 radical (unpaired) electrons. The van der Waals surface area contributed by atoms with Gasteiger partial charge in [-0.25, -0.2) is 10.4 Å². The second kappa shape index (κ2) is 10.2. The van der Waals surface area contributed by atoms with E-state index in [9.17, 15) is 9.59 Å². The number of rotatable bonds is 8. The molecule has 4 aromatic rings. The second-order valence-corrected chi connectivity index (χ2v) is 7.17. The van der Waals surface area contributed by atoms with Gasteiger partial charge >= 0.3 is 0 Å². The molecule has 0 unspecified atom stereocenters. The molecule has 0 aliphatic heterocycles. The number of ether oxygens (including phenoxy) is 1. The number of amides is 1. The van der Waals surface area contributed by atoms with Gasteiger partial charge in [-0.2, -0.15) is 5.10 Å². The third-order valence-electron chi connectivity index (χ3n) is 4.79.